The van der Waals surface area contributed by atoms with Crippen LogP contribution in [0.15, 0.2) is 12.1 Å². The van der Waals surface area contributed by atoms with Crippen molar-refractivity contribution in [2.45, 2.75) is 13.3 Å². The molecule has 0 aromatic carbocycles. The van der Waals surface area contributed by atoms with Crippen LogP contribution in [0.25, 0.3) is 0 Å². The molecule has 1 aromatic rings. The Balaban J connectivity index is 1.84. The van der Waals surface area contributed by atoms with Gasteiger partial charge in [-0.1, -0.05) is 18.5 Å². The van der Waals surface area contributed by atoms with Crippen molar-refractivity contribution < 1.29 is 0 Å². The van der Waals surface area contributed by atoms with E-state index in [1.54, 1.807) is 6.07 Å². The fraction of sp³-hybridized carbons (Fsp3) is 0.556. The van der Waals surface area contributed by atoms with Gasteiger partial charge in [0.15, 0.2) is 5.15 Å². The number of nitrogens with zero attached hydrogens (tertiary/aromatic N) is 2. The maximum atomic E-state index is 5.61. The lowest BCUT2D eigenvalue weighted by molar-refractivity contribution is 0.782. The van der Waals surface area contributed by atoms with Gasteiger partial charge in [-0.05, 0) is 30.4 Å². The minimum absolute atomic E-state index is 0.435. The van der Waals surface area contributed by atoms with Gasteiger partial charge in [0.25, 0.3) is 0 Å². The van der Waals surface area contributed by atoms with E-state index in [2.05, 4.69) is 22.4 Å². The normalized spacial score (nSPS) is 25.7. The van der Waals surface area contributed by atoms with Crippen LogP contribution < -0.4 is 5.32 Å². The highest BCUT2D eigenvalue weighted by atomic mass is 35.5. The Morgan fingerprint density at radius 1 is 1.54 bits per heavy atom. The van der Waals surface area contributed by atoms with E-state index in [-0.39, 0.29) is 0 Å². The van der Waals surface area contributed by atoms with Crippen LogP contribution in [-0.4, -0.2) is 16.7 Å². The number of hydrogen-bond donors (Lipinski definition) is 1. The van der Waals surface area contributed by atoms with Gasteiger partial charge in [0.05, 0.1) is 0 Å². The van der Waals surface area contributed by atoms with E-state index in [0.29, 0.717) is 5.15 Å². The van der Waals surface area contributed by atoms with Crippen LogP contribution in [0.5, 0.6) is 0 Å². The molecule has 1 aromatic heterocycles. The number of halogens is 1. The molecule has 0 saturated heterocycles. The third kappa shape index (κ3) is 2.31. The van der Waals surface area contributed by atoms with Crippen LogP contribution in [0.4, 0.5) is 5.82 Å². The summed E-state index contributed by atoms with van der Waals surface area (Å²) in [5, 5.41) is 11.3. The summed E-state index contributed by atoms with van der Waals surface area (Å²) in [5.74, 6) is 2.49. The molecule has 1 heterocycles. The van der Waals surface area contributed by atoms with E-state index in [0.717, 1.165) is 24.2 Å². The van der Waals surface area contributed by atoms with Crippen molar-refractivity contribution in [3.63, 3.8) is 0 Å². The van der Waals surface area contributed by atoms with Crippen molar-refractivity contribution in [1.29, 1.82) is 0 Å². The second-order valence-corrected chi connectivity index (χ2v) is 3.98. The predicted molar refractivity (Wildman–Crippen MR) is 52.8 cm³/mol. The van der Waals surface area contributed by atoms with E-state index in [1.165, 1.54) is 6.42 Å². The monoisotopic (exact) mass is 197 g/mol. The maximum Gasteiger partial charge on any atom is 0.151 e. The van der Waals surface area contributed by atoms with Crippen molar-refractivity contribution in [3.8, 4) is 0 Å². The van der Waals surface area contributed by atoms with Crippen LogP contribution in [0.3, 0.4) is 0 Å². The van der Waals surface area contributed by atoms with E-state index in [4.69, 9.17) is 11.6 Å². The molecule has 0 amide bonds. The van der Waals surface area contributed by atoms with E-state index < -0.39 is 0 Å². The fourth-order valence-electron chi connectivity index (χ4n) is 1.33. The average Bonchev–Trinajstić information content (AvgIpc) is 2.81. The lowest BCUT2D eigenvalue weighted by Gasteiger charge is -2.02. The molecule has 0 bridgehead atoms. The number of rotatable bonds is 3. The Morgan fingerprint density at radius 2 is 2.31 bits per heavy atom. The molecule has 3 nitrogen and oxygen atoms in total. The largest absolute Gasteiger partial charge is 0.368 e. The fourth-order valence-corrected chi connectivity index (χ4v) is 1.43. The first-order valence-electron chi connectivity index (χ1n) is 4.49. The third-order valence-electron chi connectivity index (χ3n) is 2.45. The first kappa shape index (κ1) is 8.75. The van der Waals surface area contributed by atoms with Crippen LogP contribution in [0.1, 0.15) is 13.3 Å². The first-order chi connectivity index (χ1) is 6.25. The molecule has 2 unspecified atom stereocenters. The minimum Gasteiger partial charge on any atom is -0.368 e. The molecule has 2 rings (SSSR count). The van der Waals surface area contributed by atoms with Gasteiger partial charge in [0.2, 0.25) is 0 Å². The zero-order valence-electron chi connectivity index (χ0n) is 7.50. The smallest absolute Gasteiger partial charge is 0.151 e. The summed E-state index contributed by atoms with van der Waals surface area (Å²) in [4.78, 5) is 0. The quantitative estimate of drug-likeness (QED) is 0.808. The zero-order chi connectivity index (χ0) is 9.26. The van der Waals surface area contributed by atoms with E-state index in [9.17, 15) is 0 Å². The standard InChI is InChI=1S/C9H12ClN3/c1-6-4-7(6)5-11-9-3-2-8(10)12-13-9/h2-3,6-7H,4-5H2,1H3,(H,11,13). The summed E-state index contributed by atoms with van der Waals surface area (Å²) in [6.07, 6.45) is 1.33. The Morgan fingerprint density at radius 3 is 2.85 bits per heavy atom. The van der Waals surface area contributed by atoms with Gasteiger partial charge in [0.1, 0.15) is 5.82 Å². The molecular weight excluding hydrogens is 186 g/mol. The van der Waals surface area contributed by atoms with Gasteiger partial charge in [-0.3, -0.25) is 0 Å². The van der Waals surface area contributed by atoms with Gasteiger partial charge in [-0.15, -0.1) is 10.2 Å². The molecule has 0 radical (unpaired) electrons. The van der Waals surface area contributed by atoms with Gasteiger partial charge >= 0.3 is 0 Å². The molecule has 4 heteroatoms. The summed E-state index contributed by atoms with van der Waals surface area (Å²) in [7, 11) is 0. The molecular formula is C9H12ClN3. The topological polar surface area (TPSA) is 37.8 Å². The summed E-state index contributed by atoms with van der Waals surface area (Å²) >= 11 is 5.61. The summed E-state index contributed by atoms with van der Waals surface area (Å²) in [5.41, 5.74) is 0. The van der Waals surface area contributed by atoms with Gasteiger partial charge < -0.3 is 5.32 Å². The Labute approximate surface area is 82.5 Å². The van der Waals surface area contributed by atoms with Crippen molar-refractivity contribution in [1.82, 2.24) is 10.2 Å². The van der Waals surface area contributed by atoms with Crippen molar-refractivity contribution >= 4 is 17.4 Å². The molecule has 2 atom stereocenters. The molecule has 1 saturated carbocycles. The second kappa shape index (κ2) is 3.50. The Kier molecular flexibility index (Phi) is 2.36. The molecule has 70 valence electrons. The lowest BCUT2D eigenvalue weighted by atomic mass is 10.3. The second-order valence-electron chi connectivity index (χ2n) is 3.60. The highest BCUT2D eigenvalue weighted by Gasteiger charge is 2.31. The number of hydrogen-bond acceptors (Lipinski definition) is 3. The van der Waals surface area contributed by atoms with Gasteiger partial charge in [0, 0.05) is 6.54 Å². The lowest BCUT2D eigenvalue weighted by Crippen LogP contribution is -2.06. The SMILES string of the molecule is CC1CC1CNc1ccc(Cl)nn1. The molecule has 0 aliphatic heterocycles. The third-order valence-corrected chi connectivity index (χ3v) is 2.66. The first-order valence-corrected chi connectivity index (χ1v) is 4.86. The van der Waals surface area contributed by atoms with Gasteiger partial charge in [-0.25, -0.2) is 0 Å². The van der Waals surface area contributed by atoms with Crippen molar-refractivity contribution in [2.24, 2.45) is 11.8 Å². The molecule has 0 spiro atoms. The highest BCUT2D eigenvalue weighted by molar-refractivity contribution is 6.29. The Bertz CT molecular complexity index is 285. The van der Waals surface area contributed by atoms with E-state index >= 15 is 0 Å². The van der Waals surface area contributed by atoms with Crippen LogP contribution in [0.2, 0.25) is 5.15 Å². The van der Waals surface area contributed by atoms with Crippen molar-refractivity contribution in [3.05, 3.63) is 17.3 Å². The van der Waals surface area contributed by atoms with Crippen LogP contribution >= 0.6 is 11.6 Å². The minimum atomic E-state index is 0.435. The van der Waals surface area contributed by atoms with Crippen LogP contribution in [0, 0.1) is 11.8 Å². The molecule has 1 fully saturated rings. The predicted octanol–water partition coefficient (Wildman–Crippen LogP) is 2.20. The van der Waals surface area contributed by atoms with Crippen LogP contribution in [-0.2, 0) is 0 Å². The Hall–Kier alpha value is -0.830. The average molecular weight is 198 g/mol. The molecule has 1 aliphatic rings. The summed E-state index contributed by atoms with van der Waals surface area (Å²) < 4.78 is 0. The number of aromatic nitrogens is 2. The van der Waals surface area contributed by atoms with Crippen molar-refractivity contribution in [2.75, 3.05) is 11.9 Å². The summed E-state index contributed by atoms with van der Waals surface area (Å²) in [6, 6.07) is 3.59. The molecule has 13 heavy (non-hydrogen) atoms. The number of nitrogens with one attached hydrogen (secondary N) is 1. The highest BCUT2D eigenvalue weighted by Crippen LogP contribution is 2.37. The number of anilines is 1. The molecule has 1 N–H and O–H groups in total. The zero-order valence-corrected chi connectivity index (χ0v) is 8.25. The van der Waals surface area contributed by atoms with E-state index in [1.807, 2.05) is 6.07 Å². The molecule has 1 aliphatic carbocycles. The maximum absolute atomic E-state index is 5.61. The summed E-state index contributed by atoms with van der Waals surface area (Å²) in [6.45, 7) is 3.26. The van der Waals surface area contributed by atoms with Gasteiger partial charge in [-0.2, -0.15) is 0 Å².